The number of nitrogens with one attached hydrogen (secondary N) is 2. The predicted molar refractivity (Wildman–Crippen MR) is 77.2 cm³/mol. The molecule has 0 aliphatic carbocycles. The van der Waals surface area contributed by atoms with E-state index in [-0.39, 0.29) is 12.1 Å². The SMILES string of the molecule is Cc1ccc(NC(=O)NCc2nccn2C)cc1C(=O)O. The van der Waals surface area contributed by atoms with E-state index >= 15 is 0 Å². The van der Waals surface area contributed by atoms with Crippen molar-refractivity contribution in [2.75, 3.05) is 5.32 Å². The zero-order valence-corrected chi connectivity index (χ0v) is 11.8. The van der Waals surface area contributed by atoms with Gasteiger partial charge in [0.2, 0.25) is 0 Å². The van der Waals surface area contributed by atoms with E-state index in [1.54, 1.807) is 36.0 Å². The number of hydrogen-bond acceptors (Lipinski definition) is 3. The summed E-state index contributed by atoms with van der Waals surface area (Å²) in [7, 11) is 1.83. The fraction of sp³-hybridized carbons (Fsp3) is 0.214. The minimum Gasteiger partial charge on any atom is -0.478 e. The second kappa shape index (κ2) is 6.08. The lowest BCUT2D eigenvalue weighted by atomic mass is 10.1. The van der Waals surface area contributed by atoms with Gasteiger partial charge in [-0.1, -0.05) is 6.07 Å². The summed E-state index contributed by atoms with van der Waals surface area (Å²) in [6.07, 6.45) is 3.43. The van der Waals surface area contributed by atoms with E-state index in [1.165, 1.54) is 6.07 Å². The molecule has 2 aromatic rings. The van der Waals surface area contributed by atoms with Gasteiger partial charge in [0, 0.05) is 25.1 Å². The van der Waals surface area contributed by atoms with E-state index in [0.29, 0.717) is 11.3 Å². The van der Waals surface area contributed by atoms with Crippen molar-refractivity contribution in [3.05, 3.63) is 47.5 Å². The molecule has 1 aromatic carbocycles. The van der Waals surface area contributed by atoms with Gasteiger partial charge in [-0.05, 0) is 24.6 Å². The Labute approximate surface area is 121 Å². The molecule has 0 radical (unpaired) electrons. The number of nitrogens with zero attached hydrogens (tertiary/aromatic N) is 2. The first-order chi connectivity index (χ1) is 9.97. The molecular weight excluding hydrogens is 272 g/mol. The Kier molecular flexibility index (Phi) is 4.22. The van der Waals surface area contributed by atoms with Crippen molar-refractivity contribution in [1.29, 1.82) is 0 Å². The fourth-order valence-electron chi connectivity index (χ4n) is 1.83. The van der Waals surface area contributed by atoms with Crippen LogP contribution < -0.4 is 10.6 Å². The van der Waals surface area contributed by atoms with Crippen molar-refractivity contribution >= 4 is 17.7 Å². The zero-order chi connectivity index (χ0) is 15.4. The maximum absolute atomic E-state index is 11.8. The smallest absolute Gasteiger partial charge is 0.336 e. The maximum atomic E-state index is 11.8. The molecule has 21 heavy (non-hydrogen) atoms. The molecule has 0 atom stereocenters. The van der Waals surface area contributed by atoms with Crippen LogP contribution in [0.25, 0.3) is 0 Å². The Bertz CT molecular complexity index is 679. The molecule has 0 aliphatic heterocycles. The lowest BCUT2D eigenvalue weighted by Crippen LogP contribution is -2.29. The molecule has 7 nitrogen and oxygen atoms in total. The van der Waals surface area contributed by atoms with E-state index in [2.05, 4.69) is 15.6 Å². The average molecular weight is 288 g/mol. The highest BCUT2D eigenvalue weighted by Crippen LogP contribution is 2.15. The Morgan fingerprint density at radius 2 is 2.14 bits per heavy atom. The topological polar surface area (TPSA) is 96.3 Å². The molecule has 0 saturated carbocycles. The van der Waals surface area contributed by atoms with Gasteiger partial charge in [0.15, 0.2) is 0 Å². The normalized spacial score (nSPS) is 10.2. The average Bonchev–Trinajstić information content (AvgIpc) is 2.84. The third-order valence-electron chi connectivity index (χ3n) is 3.05. The number of benzene rings is 1. The van der Waals surface area contributed by atoms with Gasteiger partial charge in [-0.3, -0.25) is 0 Å². The molecule has 0 aliphatic rings. The maximum Gasteiger partial charge on any atom is 0.336 e. The molecule has 7 heteroatoms. The number of aromatic carboxylic acids is 1. The number of carboxylic acids is 1. The van der Waals surface area contributed by atoms with Crippen molar-refractivity contribution in [1.82, 2.24) is 14.9 Å². The summed E-state index contributed by atoms with van der Waals surface area (Å²) in [5.74, 6) is -0.301. The molecule has 3 N–H and O–H groups in total. The summed E-state index contributed by atoms with van der Waals surface area (Å²) < 4.78 is 1.80. The van der Waals surface area contributed by atoms with Crippen molar-refractivity contribution in [2.24, 2.45) is 7.05 Å². The summed E-state index contributed by atoms with van der Waals surface area (Å²) >= 11 is 0. The quantitative estimate of drug-likeness (QED) is 0.798. The van der Waals surface area contributed by atoms with Crippen molar-refractivity contribution in [3.8, 4) is 0 Å². The van der Waals surface area contributed by atoms with Crippen molar-refractivity contribution < 1.29 is 14.7 Å². The van der Waals surface area contributed by atoms with Crippen LogP contribution >= 0.6 is 0 Å². The van der Waals surface area contributed by atoms with Gasteiger partial charge in [0.05, 0.1) is 12.1 Å². The molecule has 0 saturated heterocycles. The van der Waals surface area contributed by atoms with Gasteiger partial charge in [-0.2, -0.15) is 0 Å². The highest BCUT2D eigenvalue weighted by molar-refractivity contribution is 5.94. The Morgan fingerprint density at radius 3 is 2.76 bits per heavy atom. The van der Waals surface area contributed by atoms with E-state index in [9.17, 15) is 9.59 Å². The monoisotopic (exact) mass is 288 g/mol. The van der Waals surface area contributed by atoms with Gasteiger partial charge in [0.1, 0.15) is 5.82 Å². The minimum absolute atomic E-state index is 0.164. The van der Waals surface area contributed by atoms with E-state index in [0.717, 1.165) is 5.82 Å². The molecule has 2 amide bonds. The lowest BCUT2D eigenvalue weighted by molar-refractivity contribution is 0.0696. The lowest BCUT2D eigenvalue weighted by Gasteiger charge is -2.09. The van der Waals surface area contributed by atoms with Gasteiger partial charge in [0.25, 0.3) is 0 Å². The minimum atomic E-state index is -1.02. The summed E-state index contributed by atoms with van der Waals surface area (Å²) in [5.41, 5.74) is 1.23. The van der Waals surface area contributed by atoms with Crippen molar-refractivity contribution in [2.45, 2.75) is 13.5 Å². The van der Waals surface area contributed by atoms with Crippen LogP contribution in [0.4, 0.5) is 10.5 Å². The number of amides is 2. The van der Waals surface area contributed by atoms with E-state index < -0.39 is 12.0 Å². The molecule has 110 valence electrons. The largest absolute Gasteiger partial charge is 0.478 e. The number of imidazole rings is 1. The molecule has 2 rings (SSSR count). The number of anilines is 1. The highest BCUT2D eigenvalue weighted by Gasteiger charge is 2.09. The highest BCUT2D eigenvalue weighted by atomic mass is 16.4. The predicted octanol–water partition coefficient (Wildman–Crippen LogP) is 1.75. The van der Waals surface area contributed by atoms with Gasteiger partial charge in [-0.25, -0.2) is 14.6 Å². The Morgan fingerprint density at radius 1 is 1.38 bits per heavy atom. The number of rotatable bonds is 4. The van der Waals surface area contributed by atoms with Crippen LogP contribution in [0.1, 0.15) is 21.7 Å². The second-order valence-electron chi connectivity index (χ2n) is 4.60. The van der Waals surface area contributed by atoms with Gasteiger partial charge in [-0.15, -0.1) is 0 Å². The van der Waals surface area contributed by atoms with Crippen molar-refractivity contribution in [3.63, 3.8) is 0 Å². The van der Waals surface area contributed by atoms with Crippen LogP contribution in [0.15, 0.2) is 30.6 Å². The first kappa shape index (κ1) is 14.6. The first-order valence-electron chi connectivity index (χ1n) is 6.32. The molecule has 1 aromatic heterocycles. The Hall–Kier alpha value is -2.83. The van der Waals surface area contributed by atoms with Crippen LogP contribution in [-0.4, -0.2) is 26.7 Å². The van der Waals surface area contributed by atoms with E-state index in [1.807, 2.05) is 7.05 Å². The summed E-state index contributed by atoms with van der Waals surface area (Å²) in [5, 5.41) is 14.3. The number of aryl methyl sites for hydroxylation is 2. The van der Waals surface area contributed by atoms with Crippen LogP contribution in [-0.2, 0) is 13.6 Å². The molecular formula is C14H16N4O3. The van der Waals surface area contributed by atoms with Gasteiger partial charge < -0.3 is 20.3 Å². The number of carboxylic acid groups (broad SMARTS) is 1. The summed E-state index contributed by atoms with van der Waals surface area (Å²) in [4.78, 5) is 26.9. The molecule has 1 heterocycles. The molecule has 0 spiro atoms. The number of carbonyl (C=O) groups is 2. The number of urea groups is 1. The van der Waals surface area contributed by atoms with Crippen LogP contribution in [0.3, 0.4) is 0 Å². The fourth-order valence-corrected chi connectivity index (χ4v) is 1.83. The number of hydrogen-bond donors (Lipinski definition) is 3. The third kappa shape index (κ3) is 3.59. The standard InChI is InChI=1S/C14H16N4O3/c1-9-3-4-10(7-11(9)13(19)20)17-14(21)16-8-12-15-5-6-18(12)2/h3-7H,8H2,1-2H3,(H,19,20)(H2,16,17,21). The second-order valence-corrected chi connectivity index (χ2v) is 4.60. The first-order valence-corrected chi connectivity index (χ1v) is 6.32. The third-order valence-corrected chi connectivity index (χ3v) is 3.05. The number of carbonyl (C=O) groups excluding carboxylic acids is 1. The number of aromatic nitrogens is 2. The molecule has 0 bridgehead atoms. The summed E-state index contributed by atoms with van der Waals surface area (Å²) in [6.45, 7) is 1.99. The Balaban J connectivity index is 1.98. The van der Waals surface area contributed by atoms with Crippen LogP contribution in [0.2, 0.25) is 0 Å². The van der Waals surface area contributed by atoms with Crippen LogP contribution in [0, 0.1) is 6.92 Å². The molecule has 0 fully saturated rings. The van der Waals surface area contributed by atoms with Gasteiger partial charge >= 0.3 is 12.0 Å². The molecule has 0 unspecified atom stereocenters. The zero-order valence-electron chi connectivity index (χ0n) is 11.8. The summed E-state index contributed by atoms with van der Waals surface area (Å²) in [6, 6.07) is 4.32. The van der Waals surface area contributed by atoms with E-state index in [4.69, 9.17) is 5.11 Å². The van der Waals surface area contributed by atoms with Crippen LogP contribution in [0.5, 0.6) is 0 Å².